The van der Waals surface area contributed by atoms with Crippen molar-refractivity contribution in [3.63, 3.8) is 0 Å². The molecule has 1 aliphatic heterocycles. The second kappa shape index (κ2) is 7.81. The second-order valence-electron chi connectivity index (χ2n) is 5.90. The van der Waals surface area contributed by atoms with Gasteiger partial charge in [-0.05, 0) is 36.1 Å². The number of hydrogen-bond acceptors (Lipinski definition) is 5. The average molecular weight is 334 g/mol. The molecule has 0 aromatic heterocycles. The molecule has 130 valence electrons. The fraction of sp³-hybridized carbons (Fsp3) is 0.471. The molecule has 0 radical (unpaired) electrons. The molecular formula is C17H22N2O5. The third-order valence-electron chi connectivity index (χ3n) is 3.73. The molecule has 0 aliphatic carbocycles. The van der Waals surface area contributed by atoms with Crippen LogP contribution in [0.15, 0.2) is 18.2 Å². The zero-order chi connectivity index (χ0) is 17.7. The summed E-state index contributed by atoms with van der Waals surface area (Å²) in [5, 5.41) is 2.50. The number of rotatable bonds is 6. The highest BCUT2D eigenvalue weighted by Gasteiger charge is 2.26. The van der Waals surface area contributed by atoms with Gasteiger partial charge < -0.3 is 14.8 Å². The Hall–Kier alpha value is -2.57. The van der Waals surface area contributed by atoms with Crippen molar-refractivity contribution >= 4 is 17.9 Å². The first-order chi connectivity index (χ1) is 11.4. The Bertz CT molecular complexity index is 642. The molecule has 1 N–H and O–H groups in total. The number of hydrogen-bond donors (Lipinski definition) is 1. The van der Waals surface area contributed by atoms with Crippen LogP contribution in [0.4, 0.5) is 4.79 Å². The molecule has 1 fully saturated rings. The molecule has 7 nitrogen and oxygen atoms in total. The van der Waals surface area contributed by atoms with Crippen LogP contribution >= 0.6 is 0 Å². The minimum atomic E-state index is -0.659. The van der Waals surface area contributed by atoms with Crippen LogP contribution < -0.4 is 10.1 Å². The van der Waals surface area contributed by atoms with E-state index in [2.05, 4.69) is 19.2 Å². The Morgan fingerprint density at radius 1 is 1.29 bits per heavy atom. The maximum Gasteiger partial charge on any atom is 0.344 e. The van der Waals surface area contributed by atoms with E-state index < -0.39 is 24.5 Å². The number of carbonyl (C=O) groups excluding carboxylic acids is 3. The molecule has 0 unspecified atom stereocenters. The van der Waals surface area contributed by atoms with Crippen LogP contribution in [0.2, 0.25) is 0 Å². The van der Waals surface area contributed by atoms with E-state index in [1.807, 2.05) is 19.1 Å². The van der Waals surface area contributed by atoms with Crippen LogP contribution in [-0.4, -0.2) is 49.1 Å². The van der Waals surface area contributed by atoms with Crippen LogP contribution in [0.5, 0.6) is 5.75 Å². The summed E-state index contributed by atoms with van der Waals surface area (Å²) in [6.07, 6.45) is 0. The fourth-order valence-corrected chi connectivity index (χ4v) is 2.50. The Morgan fingerprint density at radius 2 is 2.04 bits per heavy atom. The van der Waals surface area contributed by atoms with Gasteiger partial charge in [-0.25, -0.2) is 9.59 Å². The molecule has 1 heterocycles. The number of esters is 1. The van der Waals surface area contributed by atoms with Gasteiger partial charge in [0.2, 0.25) is 0 Å². The third-order valence-corrected chi connectivity index (χ3v) is 3.73. The lowest BCUT2D eigenvalue weighted by atomic mass is 9.98. The van der Waals surface area contributed by atoms with Gasteiger partial charge in [0.15, 0.2) is 13.2 Å². The second-order valence-corrected chi connectivity index (χ2v) is 5.90. The lowest BCUT2D eigenvalue weighted by molar-refractivity contribution is -0.152. The Balaban J connectivity index is 1.78. The maximum absolute atomic E-state index is 11.7. The summed E-state index contributed by atoms with van der Waals surface area (Å²) in [6.45, 7) is 6.14. The van der Waals surface area contributed by atoms with Gasteiger partial charge in [0.25, 0.3) is 5.91 Å². The molecule has 1 aliphatic rings. The SMILES string of the molecule is Cc1cc(OCC(=O)OCC(=O)N2CCNC2=O)ccc1C(C)C. The van der Waals surface area contributed by atoms with Gasteiger partial charge >= 0.3 is 12.0 Å². The largest absolute Gasteiger partial charge is 0.482 e. The summed E-state index contributed by atoms with van der Waals surface area (Å²) in [7, 11) is 0. The minimum absolute atomic E-state index is 0.285. The molecule has 1 saturated heterocycles. The zero-order valence-electron chi connectivity index (χ0n) is 14.1. The molecule has 0 spiro atoms. The molecule has 24 heavy (non-hydrogen) atoms. The lowest BCUT2D eigenvalue weighted by Gasteiger charge is -2.13. The number of urea groups is 1. The first kappa shape index (κ1) is 17.8. The highest BCUT2D eigenvalue weighted by atomic mass is 16.6. The van der Waals surface area contributed by atoms with Crippen LogP contribution in [0, 0.1) is 6.92 Å². The standard InChI is InChI=1S/C17H22N2O5/c1-11(2)14-5-4-13(8-12(14)3)23-10-16(21)24-9-15(20)19-7-6-18-17(19)22/h4-5,8,11H,6-7,9-10H2,1-3H3,(H,18,22). The van der Waals surface area contributed by atoms with Crippen LogP contribution in [-0.2, 0) is 14.3 Å². The number of carbonyl (C=O) groups is 3. The summed E-state index contributed by atoms with van der Waals surface area (Å²) in [4.78, 5) is 35.7. The molecule has 2 rings (SSSR count). The zero-order valence-corrected chi connectivity index (χ0v) is 14.1. The third kappa shape index (κ3) is 4.47. The first-order valence-electron chi connectivity index (χ1n) is 7.85. The molecule has 7 heteroatoms. The van der Waals surface area contributed by atoms with E-state index in [4.69, 9.17) is 9.47 Å². The maximum atomic E-state index is 11.7. The monoisotopic (exact) mass is 334 g/mol. The number of nitrogens with zero attached hydrogens (tertiary/aromatic N) is 1. The van der Waals surface area contributed by atoms with Crippen molar-refractivity contribution < 1.29 is 23.9 Å². The Kier molecular flexibility index (Phi) is 5.78. The number of benzene rings is 1. The van der Waals surface area contributed by atoms with Crippen molar-refractivity contribution in [2.75, 3.05) is 26.3 Å². The van der Waals surface area contributed by atoms with E-state index in [0.717, 1.165) is 10.5 Å². The number of ether oxygens (including phenoxy) is 2. The minimum Gasteiger partial charge on any atom is -0.482 e. The van der Waals surface area contributed by atoms with Crippen LogP contribution in [0.1, 0.15) is 30.9 Å². The van der Waals surface area contributed by atoms with Crippen molar-refractivity contribution in [1.82, 2.24) is 10.2 Å². The lowest BCUT2D eigenvalue weighted by Crippen LogP contribution is -2.37. The number of imide groups is 1. The van der Waals surface area contributed by atoms with Crippen molar-refractivity contribution in [1.29, 1.82) is 0 Å². The normalized spacial score (nSPS) is 13.8. The first-order valence-corrected chi connectivity index (χ1v) is 7.85. The van der Waals surface area contributed by atoms with Gasteiger partial charge in [0.1, 0.15) is 5.75 Å². The fourth-order valence-electron chi connectivity index (χ4n) is 2.50. The Labute approximate surface area is 140 Å². The van der Waals surface area contributed by atoms with E-state index in [-0.39, 0.29) is 13.2 Å². The van der Waals surface area contributed by atoms with Gasteiger partial charge in [-0.3, -0.25) is 9.69 Å². The molecule has 0 saturated carbocycles. The molecule has 0 bridgehead atoms. The predicted octanol–water partition coefficient (Wildman–Crippen LogP) is 1.59. The van der Waals surface area contributed by atoms with E-state index in [1.54, 1.807) is 6.07 Å². The molecule has 0 atom stereocenters. The number of aryl methyl sites for hydroxylation is 1. The van der Waals surface area contributed by atoms with Gasteiger partial charge in [-0.2, -0.15) is 0 Å². The quantitative estimate of drug-likeness (QED) is 0.799. The molecule has 1 aromatic carbocycles. The van der Waals surface area contributed by atoms with E-state index in [0.29, 0.717) is 18.2 Å². The van der Waals surface area contributed by atoms with Gasteiger partial charge in [0, 0.05) is 13.1 Å². The van der Waals surface area contributed by atoms with Crippen LogP contribution in [0.25, 0.3) is 0 Å². The number of amides is 3. The van der Waals surface area contributed by atoms with Crippen LogP contribution in [0.3, 0.4) is 0 Å². The average Bonchev–Trinajstić information content (AvgIpc) is 2.96. The van der Waals surface area contributed by atoms with Crippen molar-refractivity contribution in [2.45, 2.75) is 26.7 Å². The Morgan fingerprint density at radius 3 is 2.62 bits per heavy atom. The molecule has 1 aromatic rings. The van der Waals surface area contributed by atoms with E-state index in [1.165, 1.54) is 5.56 Å². The van der Waals surface area contributed by atoms with Crippen molar-refractivity contribution in [3.05, 3.63) is 29.3 Å². The highest BCUT2D eigenvalue weighted by molar-refractivity contribution is 5.96. The van der Waals surface area contributed by atoms with Crippen molar-refractivity contribution in [3.8, 4) is 5.75 Å². The smallest absolute Gasteiger partial charge is 0.344 e. The number of nitrogens with one attached hydrogen (secondary N) is 1. The van der Waals surface area contributed by atoms with Crippen molar-refractivity contribution in [2.24, 2.45) is 0 Å². The van der Waals surface area contributed by atoms with E-state index in [9.17, 15) is 14.4 Å². The molecule has 3 amide bonds. The summed E-state index contributed by atoms with van der Waals surface area (Å²) in [5.41, 5.74) is 2.31. The highest BCUT2D eigenvalue weighted by Crippen LogP contribution is 2.23. The van der Waals surface area contributed by atoms with Gasteiger partial charge in [-0.1, -0.05) is 19.9 Å². The summed E-state index contributed by atoms with van der Waals surface area (Å²) in [6, 6.07) is 5.17. The van der Waals surface area contributed by atoms with Gasteiger partial charge in [0.05, 0.1) is 0 Å². The van der Waals surface area contributed by atoms with E-state index >= 15 is 0 Å². The topological polar surface area (TPSA) is 84.9 Å². The summed E-state index contributed by atoms with van der Waals surface area (Å²) < 4.78 is 10.2. The summed E-state index contributed by atoms with van der Waals surface area (Å²) >= 11 is 0. The molecular weight excluding hydrogens is 312 g/mol. The summed E-state index contributed by atoms with van der Waals surface area (Å²) in [5.74, 6) is -0.221. The predicted molar refractivity (Wildman–Crippen MR) is 86.8 cm³/mol. The van der Waals surface area contributed by atoms with Gasteiger partial charge in [-0.15, -0.1) is 0 Å².